The molecule has 5 rings (SSSR count). The van der Waals surface area contributed by atoms with E-state index in [1.54, 1.807) is 42.5 Å². The lowest BCUT2D eigenvalue weighted by Crippen LogP contribution is -2.45. The van der Waals surface area contributed by atoms with E-state index in [9.17, 15) is 14.9 Å². The van der Waals surface area contributed by atoms with Gasteiger partial charge in [0.15, 0.2) is 6.23 Å². The van der Waals surface area contributed by atoms with Crippen molar-refractivity contribution in [3.8, 4) is 17.6 Å². The molecule has 1 atom stereocenters. The smallest absolute Gasteiger partial charge is 0.410 e. The molecule has 3 aliphatic rings. The Labute approximate surface area is 196 Å². The van der Waals surface area contributed by atoms with E-state index in [0.29, 0.717) is 48.1 Å². The van der Waals surface area contributed by atoms with Crippen molar-refractivity contribution in [3.63, 3.8) is 0 Å². The second-order valence-corrected chi connectivity index (χ2v) is 8.18. The van der Waals surface area contributed by atoms with E-state index in [-0.39, 0.29) is 6.42 Å². The van der Waals surface area contributed by atoms with Gasteiger partial charge in [-0.05, 0) is 60.9 Å². The largest absolute Gasteiger partial charge is 0.490 e. The van der Waals surface area contributed by atoms with E-state index >= 15 is 0 Å². The minimum atomic E-state index is -1.00. The normalized spacial score (nSPS) is 20.1. The number of rotatable bonds is 2. The molecule has 2 aromatic carbocycles. The number of alkyl carbamates (subject to hydrolysis) is 1. The Morgan fingerprint density at radius 1 is 1.18 bits per heavy atom. The first-order valence-corrected chi connectivity index (χ1v) is 10.8. The maximum absolute atomic E-state index is 12.9. The monoisotopic (exact) mass is 467 g/mol. The highest BCUT2D eigenvalue weighted by atomic mass is 35.5. The van der Waals surface area contributed by atoms with Crippen LogP contribution in [0.2, 0.25) is 5.02 Å². The Kier molecular flexibility index (Phi) is 6.71. The number of carbonyl (C=O) groups excluding carboxylic acids is 2. The van der Waals surface area contributed by atoms with Gasteiger partial charge in [-0.15, -0.1) is 0 Å². The maximum Gasteiger partial charge on any atom is 0.410 e. The van der Waals surface area contributed by atoms with E-state index in [4.69, 9.17) is 25.8 Å². The number of nitrogens with zero attached hydrogens (tertiary/aromatic N) is 1. The van der Waals surface area contributed by atoms with Crippen LogP contribution in [0.5, 0.6) is 11.5 Å². The maximum atomic E-state index is 12.9. The summed E-state index contributed by atoms with van der Waals surface area (Å²) in [5, 5.41) is 14.9. The molecule has 0 unspecified atom stereocenters. The summed E-state index contributed by atoms with van der Waals surface area (Å²) in [5.74, 6) is 0.587. The third-order valence-electron chi connectivity index (χ3n) is 5.21. The number of hydrogen-bond acceptors (Lipinski definition) is 6. The van der Waals surface area contributed by atoms with Crippen LogP contribution in [-0.4, -0.2) is 37.0 Å². The molecule has 0 saturated heterocycles. The topological polar surface area (TPSA) is 110 Å². The Morgan fingerprint density at radius 3 is 2.70 bits per heavy atom. The number of fused-ring (bicyclic) bond motifs is 9. The van der Waals surface area contributed by atoms with Gasteiger partial charge in [0.2, 0.25) is 0 Å². The lowest BCUT2D eigenvalue weighted by atomic mass is 10.1. The Balaban J connectivity index is 1.58. The molecule has 1 saturated carbocycles. The minimum Gasteiger partial charge on any atom is -0.490 e. The molecule has 8 nitrogen and oxygen atoms in total. The van der Waals surface area contributed by atoms with Gasteiger partial charge < -0.3 is 24.8 Å². The molecule has 0 radical (unpaired) electrons. The predicted molar refractivity (Wildman–Crippen MR) is 120 cm³/mol. The molecule has 170 valence electrons. The fourth-order valence-electron chi connectivity index (χ4n) is 3.24. The molecule has 0 spiro atoms. The number of amides is 2. The summed E-state index contributed by atoms with van der Waals surface area (Å²) in [4.78, 5) is 25.3. The van der Waals surface area contributed by atoms with Crippen molar-refractivity contribution >= 4 is 23.6 Å². The van der Waals surface area contributed by atoms with E-state index in [0.717, 1.165) is 5.56 Å². The highest BCUT2D eigenvalue weighted by Gasteiger charge is 2.45. The molecule has 4 bridgehead atoms. The molecule has 9 heteroatoms. The van der Waals surface area contributed by atoms with Crippen molar-refractivity contribution in [3.05, 3.63) is 70.8 Å². The molecule has 0 aromatic heterocycles. The van der Waals surface area contributed by atoms with Gasteiger partial charge in [0, 0.05) is 12.0 Å². The number of carbonyl (C=O) groups is 2. The number of nitrogens with one attached hydrogen (secondary N) is 2. The number of benzene rings is 2. The predicted octanol–water partition coefficient (Wildman–Crippen LogP) is 3.75. The molecule has 2 aromatic rings. The summed E-state index contributed by atoms with van der Waals surface area (Å²) >= 11 is 6.35. The van der Waals surface area contributed by atoms with E-state index < -0.39 is 23.8 Å². The molecule has 2 N–H and O–H groups in total. The quantitative estimate of drug-likeness (QED) is 0.651. The van der Waals surface area contributed by atoms with Crippen molar-refractivity contribution in [2.75, 3.05) is 13.2 Å². The summed E-state index contributed by atoms with van der Waals surface area (Å²) < 4.78 is 16.8. The van der Waals surface area contributed by atoms with Gasteiger partial charge in [-0.3, -0.25) is 4.79 Å². The third kappa shape index (κ3) is 5.96. The van der Waals surface area contributed by atoms with Crippen molar-refractivity contribution < 1.29 is 23.8 Å². The first kappa shape index (κ1) is 22.5. The molecular weight excluding hydrogens is 446 g/mol. The fraction of sp³-hybridized carbons (Fsp3) is 0.292. The van der Waals surface area contributed by atoms with Gasteiger partial charge in [0.1, 0.15) is 30.3 Å². The second kappa shape index (κ2) is 9.84. The van der Waals surface area contributed by atoms with Gasteiger partial charge in [-0.25, -0.2) is 4.79 Å². The van der Waals surface area contributed by atoms with Crippen LogP contribution in [0.25, 0.3) is 0 Å². The first-order valence-electron chi connectivity index (χ1n) is 10.5. The van der Waals surface area contributed by atoms with Gasteiger partial charge in [-0.2, -0.15) is 5.26 Å². The summed E-state index contributed by atoms with van der Waals surface area (Å²) in [6.45, 7) is 0.614. The van der Waals surface area contributed by atoms with Crippen molar-refractivity contribution in [1.29, 1.82) is 5.26 Å². The molecule has 1 aliphatic carbocycles. The number of ether oxygens (including phenoxy) is 3. The molecule has 2 amide bonds. The van der Waals surface area contributed by atoms with Crippen LogP contribution in [0.1, 0.15) is 28.8 Å². The highest BCUT2D eigenvalue weighted by molar-refractivity contribution is 6.32. The van der Waals surface area contributed by atoms with Crippen LogP contribution in [-0.2, 0) is 11.2 Å². The van der Waals surface area contributed by atoms with Crippen LogP contribution in [0.3, 0.4) is 0 Å². The first-order chi connectivity index (χ1) is 16.0. The van der Waals surface area contributed by atoms with Crippen molar-refractivity contribution in [1.82, 2.24) is 10.6 Å². The summed E-state index contributed by atoms with van der Waals surface area (Å²) in [6.07, 6.45) is 3.13. The zero-order valence-corrected chi connectivity index (χ0v) is 18.4. The summed E-state index contributed by atoms with van der Waals surface area (Å²) in [5.41, 5.74) is 0.186. The Hall–Kier alpha value is -3.70. The zero-order valence-electron chi connectivity index (χ0n) is 17.7. The molecule has 2 heterocycles. The zero-order chi connectivity index (χ0) is 23.3. The minimum absolute atomic E-state index is 0.162. The molecule has 1 fully saturated rings. The van der Waals surface area contributed by atoms with Crippen LogP contribution >= 0.6 is 11.6 Å². The van der Waals surface area contributed by atoms with Gasteiger partial charge in [0.25, 0.3) is 5.91 Å². The van der Waals surface area contributed by atoms with Crippen LogP contribution in [0, 0.1) is 11.3 Å². The van der Waals surface area contributed by atoms with E-state index in [1.165, 1.54) is 0 Å². The Morgan fingerprint density at radius 2 is 1.97 bits per heavy atom. The Bertz CT molecular complexity index is 1120. The van der Waals surface area contributed by atoms with Crippen LogP contribution in [0.15, 0.2) is 54.6 Å². The summed E-state index contributed by atoms with van der Waals surface area (Å²) in [7, 11) is 0. The summed E-state index contributed by atoms with van der Waals surface area (Å²) in [6, 6.07) is 14.0. The highest BCUT2D eigenvalue weighted by Crippen LogP contribution is 2.34. The average Bonchev–Trinajstić information content (AvgIpc) is 3.56. The van der Waals surface area contributed by atoms with E-state index in [1.807, 2.05) is 12.2 Å². The standard InChI is InChI=1S/C24H22ClN3O5/c25-19-12-16-6-7-20(19)32-11-2-1-10-31-18-5-3-4-17(14-18)22(29)27-21(13-16)33-23(30)28-24(15-26)8-9-24/h1-7,12,14,21H,8-11,13H2,(H,27,29)(H,28,30)/b2-1-/t21-/m0/s1. The molecular formula is C24H22ClN3O5. The lowest BCUT2D eigenvalue weighted by molar-refractivity contribution is 0.0623. The SMILES string of the molecule is N#CC1(NC(=O)O[C@H]2Cc3ccc(c(Cl)c3)OC/C=C\COc3cccc(c3)C(=O)N2)CC1. The third-order valence-corrected chi connectivity index (χ3v) is 5.50. The van der Waals surface area contributed by atoms with Crippen LogP contribution < -0.4 is 20.1 Å². The molecule has 2 aliphatic heterocycles. The number of halogens is 1. The molecule has 33 heavy (non-hydrogen) atoms. The average molecular weight is 468 g/mol. The fourth-order valence-corrected chi connectivity index (χ4v) is 3.50. The van der Waals surface area contributed by atoms with Crippen LogP contribution in [0.4, 0.5) is 4.79 Å². The second-order valence-electron chi connectivity index (χ2n) is 7.78. The van der Waals surface area contributed by atoms with Gasteiger partial charge >= 0.3 is 6.09 Å². The van der Waals surface area contributed by atoms with Crippen molar-refractivity contribution in [2.45, 2.75) is 31.0 Å². The van der Waals surface area contributed by atoms with Gasteiger partial charge in [0.05, 0.1) is 11.1 Å². The number of hydrogen-bond donors (Lipinski definition) is 2. The van der Waals surface area contributed by atoms with Crippen molar-refractivity contribution in [2.24, 2.45) is 0 Å². The number of nitriles is 1. The lowest BCUT2D eigenvalue weighted by Gasteiger charge is -2.21. The van der Waals surface area contributed by atoms with E-state index in [2.05, 4.69) is 16.7 Å². The van der Waals surface area contributed by atoms with Gasteiger partial charge in [-0.1, -0.05) is 23.7 Å².